The summed E-state index contributed by atoms with van der Waals surface area (Å²) in [6, 6.07) is 0. The van der Waals surface area contributed by atoms with E-state index in [1.807, 2.05) is 0 Å². The minimum Gasteiger partial charge on any atom is -0.0968 e. The van der Waals surface area contributed by atoms with Crippen LogP contribution in [0, 0.1) is 4.84 Å². The maximum absolute atomic E-state index is 5.49. The zero-order valence-corrected chi connectivity index (χ0v) is 7.80. The van der Waals surface area contributed by atoms with Gasteiger partial charge in [-0.25, -0.2) is 0 Å². The number of halogens is 2. The molecule has 0 N–H and O–H groups in total. The molecule has 0 amide bonds. The van der Waals surface area contributed by atoms with Gasteiger partial charge in [0.2, 0.25) is 0 Å². The van der Waals surface area contributed by atoms with E-state index in [1.165, 1.54) is 12.8 Å². The number of rotatable bonds is 5. The molecule has 0 spiro atoms. The predicted octanol–water partition coefficient (Wildman–Crippen LogP) is 4.09. The van der Waals surface area contributed by atoms with E-state index in [-0.39, 0.29) is 0 Å². The number of unbranched alkanes of at least 4 members (excludes halogenated alkanes) is 2. The highest BCUT2D eigenvalue weighted by molar-refractivity contribution is 6.54. The van der Waals surface area contributed by atoms with Crippen molar-refractivity contribution in [1.82, 2.24) is 0 Å². The maximum atomic E-state index is 5.49. The Kier molecular flexibility index (Phi) is 6.25. The first-order chi connectivity index (χ1) is 4.68. The van der Waals surface area contributed by atoms with Gasteiger partial charge >= 0.3 is 0 Å². The summed E-state index contributed by atoms with van der Waals surface area (Å²) in [4.78, 5) is 0.330. The highest BCUT2D eigenvalue weighted by Crippen LogP contribution is 2.25. The fourth-order valence-electron chi connectivity index (χ4n) is 0.683. The quantitative estimate of drug-likeness (QED) is 0.559. The molecule has 0 fully saturated rings. The van der Waals surface area contributed by atoms with Gasteiger partial charge in [-0.1, -0.05) is 49.5 Å². The van der Waals surface area contributed by atoms with Crippen LogP contribution in [-0.2, 0) is 0 Å². The van der Waals surface area contributed by atoms with Crippen LogP contribution in [0.15, 0.2) is 12.2 Å². The average molecular weight is 180 g/mol. The Labute approximate surface area is 73.2 Å². The molecule has 0 rings (SSSR count). The van der Waals surface area contributed by atoms with E-state index in [4.69, 9.17) is 23.2 Å². The standard InChI is InChI=1S/C8H13Cl2/c1-3-4-5-6-7(2)8(9)10/h2-6H2,1H3. The molecule has 0 aromatic carbocycles. The van der Waals surface area contributed by atoms with Gasteiger partial charge in [0.25, 0.3) is 0 Å². The third-order valence-electron chi connectivity index (χ3n) is 1.35. The second kappa shape index (κ2) is 6.06. The second-order valence-corrected chi connectivity index (χ2v) is 3.27. The van der Waals surface area contributed by atoms with Crippen molar-refractivity contribution in [2.75, 3.05) is 0 Å². The minimum atomic E-state index is 0.330. The second-order valence-electron chi connectivity index (χ2n) is 2.32. The fraction of sp³-hybridized carbons (Fsp3) is 0.625. The molecule has 0 saturated carbocycles. The molecule has 1 radical (unpaired) electrons. The lowest BCUT2D eigenvalue weighted by Crippen LogP contribution is -1.84. The summed E-state index contributed by atoms with van der Waals surface area (Å²) >= 11 is 11.0. The predicted molar refractivity (Wildman–Crippen MR) is 48.2 cm³/mol. The van der Waals surface area contributed by atoms with Crippen LogP contribution in [0.5, 0.6) is 0 Å². The third-order valence-corrected chi connectivity index (χ3v) is 1.88. The Hall–Kier alpha value is 0.320. The van der Waals surface area contributed by atoms with Crippen molar-refractivity contribution in [1.29, 1.82) is 0 Å². The Morgan fingerprint density at radius 2 is 1.90 bits per heavy atom. The van der Waals surface area contributed by atoms with Gasteiger partial charge in [-0.05, 0) is 18.4 Å². The summed E-state index contributed by atoms with van der Waals surface area (Å²) < 4.78 is 0. The SMILES string of the molecule is C=C(CCCCC)[C](Cl)Cl. The lowest BCUT2D eigenvalue weighted by Gasteiger charge is -2.02. The number of allylic oxidation sites excluding steroid dienone is 1. The van der Waals surface area contributed by atoms with Crippen molar-refractivity contribution in [2.24, 2.45) is 0 Å². The fourth-order valence-corrected chi connectivity index (χ4v) is 0.872. The molecule has 0 bridgehead atoms. The van der Waals surface area contributed by atoms with Gasteiger partial charge in [0.05, 0.1) is 0 Å². The van der Waals surface area contributed by atoms with Crippen LogP contribution in [0.2, 0.25) is 0 Å². The summed E-state index contributed by atoms with van der Waals surface area (Å²) in [5.74, 6) is 0. The van der Waals surface area contributed by atoms with Gasteiger partial charge in [0.1, 0.15) is 0 Å². The Morgan fingerprint density at radius 1 is 1.30 bits per heavy atom. The first kappa shape index (κ1) is 10.3. The van der Waals surface area contributed by atoms with E-state index in [0.29, 0.717) is 4.84 Å². The van der Waals surface area contributed by atoms with Crippen LogP contribution in [-0.4, -0.2) is 0 Å². The van der Waals surface area contributed by atoms with Gasteiger partial charge in [0.15, 0.2) is 4.84 Å². The van der Waals surface area contributed by atoms with E-state index < -0.39 is 0 Å². The van der Waals surface area contributed by atoms with Crippen LogP contribution in [0.3, 0.4) is 0 Å². The van der Waals surface area contributed by atoms with E-state index in [9.17, 15) is 0 Å². The van der Waals surface area contributed by atoms with E-state index in [0.717, 1.165) is 18.4 Å². The topological polar surface area (TPSA) is 0 Å². The summed E-state index contributed by atoms with van der Waals surface area (Å²) in [5, 5.41) is 0. The van der Waals surface area contributed by atoms with Crippen molar-refractivity contribution in [3.8, 4) is 0 Å². The Bertz CT molecular complexity index is 97.4. The third kappa shape index (κ3) is 5.13. The van der Waals surface area contributed by atoms with E-state index in [1.54, 1.807) is 0 Å². The molecule has 0 aromatic rings. The molecule has 0 heterocycles. The lowest BCUT2D eigenvalue weighted by molar-refractivity contribution is 0.717. The Balaban J connectivity index is 3.22. The van der Waals surface area contributed by atoms with Gasteiger partial charge in [-0.3, -0.25) is 0 Å². The minimum absolute atomic E-state index is 0.330. The summed E-state index contributed by atoms with van der Waals surface area (Å²) in [5.41, 5.74) is 0.858. The molecule has 0 saturated heterocycles. The highest BCUT2D eigenvalue weighted by Gasteiger charge is 2.04. The van der Waals surface area contributed by atoms with E-state index in [2.05, 4.69) is 13.5 Å². The zero-order valence-electron chi connectivity index (χ0n) is 6.29. The molecular formula is C8H13Cl2. The first-order valence-corrected chi connectivity index (χ1v) is 4.30. The van der Waals surface area contributed by atoms with Crippen LogP contribution in [0.1, 0.15) is 32.6 Å². The summed E-state index contributed by atoms with van der Waals surface area (Å²) in [7, 11) is 0. The van der Waals surface area contributed by atoms with E-state index >= 15 is 0 Å². The zero-order chi connectivity index (χ0) is 7.98. The van der Waals surface area contributed by atoms with Crippen molar-refractivity contribution >= 4 is 23.2 Å². The van der Waals surface area contributed by atoms with Gasteiger partial charge < -0.3 is 0 Å². The normalized spacial score (nSPS) is 10.4. The molecule has 0 atom stereocenters. The molecule has 2 heteroatoms. The van der Waals surface area contributed by atoms with Gasteiger partial charge in [-0.15, -0.1) is 0 Å². The monoisotopic (exact) mass is 179 g/mol. The first-order valence-electron chi connectivity index (χ1n) is 3.54. The highest BCUT2D eigenvalue weighted by atomic mass is 35.5. The molecule has 0 nitrogen and oxygen atoms in total. The summed E-state index contributed by atoms with van der Waals surface area (Å²) in [6.07, 6.45) is 4.50. The Morgan fingerprint density at radius 3 is 2.30 bits per heavy atom. The van der Waals surface area contributed by atoms with Crippen LogP contribution in [0.25, 0.3) is 0 Å². The summed E-state index contributed by atoms with van der Waals surface area (Å²) in [6.45, 7) is 5.89. The molecule has 0 unspecified atom stereocenters. The van der Waals surface area contributed by atoms with Crippen LogP contribution >= 0.6 is 23.2 Å². The van der Waals surface area contributed by atoms with Crippen molar-refractivity contribution in [2.45, 2.75) is 32.6 Å². The van der Waals surface area contributed by atoms with Crippen molar-refractivity contribution in [3.05, 3.63) is 17.0 Å². The van der Waals surface area contributed by atoms with Crippen molar-refractivity contribution < 1.29 is 0 Å². The van der Waals surface area contributed by atoms with Crippen LogP contribution < -0.4 is 0 Å². The van der Waals surface area contributed by atoms with Crippen LogP contribution in [0.4, 0.5) is 0 Å². The molecule has 10 heavy (non-hydrogen) atoms. The molecular weight excluding hydrogens is 167 g/mol. The molecule has 59 valence electrons. The average Bonchev–Trinajstić information content (AvgIpc) is 1.88. The number of hydrogen-bond acceptors (Lipinski definition) is 0. The van der Waals surface area contributed by atoms with Gasteiger partial charge in [0, 0.05) is 0 Å². The molecule has 0 aromatic heterocycles. The molecule has 0 aliphatic heterocycles. The smallest absolute Gasteiger partial charge is 0.0968 e. The molecule has 0 aliphatic carbocycles. The van der Waals surface area contributed by atoms with Crippen molar-refractivity contribution in [3.63, 3.8) is 0 Å². The largest absolute Gasteiger partial charge is 0.175 e. The lowest BCUT2D eigenvalue weighted by atomic mass is 10.1. The van der Waals surface area contributed by atoms with Gasteiger partial charge in [-0.2, -0.15) is 0 Å². The molecule has 0 aliphatic rings. The maximum Gasteiger partial charge on any atom is 0.175 e. The number of hydrogen-bond donors (Lipinski definition) is 0.